The lowest BCUT2D eigenvalue weighted by atomic mass is 9.88. The van der Waals surface area contributed by atoms with Gasteiger partial charge in [-0.05, 0) is 36.1 Å². The van der Waals surface area contributed by atoms with Gasteiger partial charge in [-0.25, -0.2) is 4.52 Å². The van der Waals surface area contributed by atoms with E-state index in [2.05, 4.69) is 30.0 Å². The monoisotopic (exact) mass is 467 g/mol. The predicted molar refractivity (Wildman–Crippen MR) is 134 cm³/mol. The Morgan fingerprint density at radius 1 is 1.14 bits per heavy atom. The first-order valence-corrected chi connectivity index (χ1v) is 12.1. The molecular weight excluding hydrogens is 438 g/mol. The van der Waals surface area contributed by atoms with Gasteiger partial charge in [-0.2, -0.15) is 15.3 Å². The Balaban J connectivity index is 1.58. The van der Waals surface area contributed by atoms with Gasteiger partial charge in [0.15, 0.2) is 0 Å². The maximum atomic E-state index is 13.9. The first kappa shape index (κ1) is 23.0. The lowest BCUT2D eigenvalue weighted by Gasteiger charge is -2.38. The van der Waals surface area contributed by atoms with E-state index in [0.717, 1.165) is 40.8 Å². The van der Waals surface area contributed by atoms with Crippen molar-refractivity contribution in [3.63, 3.8) is 0 Å². The summed E-state index contributed by atoms with van der Waals surface area (Å²) in [5, 5.41) is 14.1. The van der Waals surface area contributed by atoms with E-state index in [1.54, 1.807) is 4.57 Å². The molecule has 0 N–H and O–H groups in total. The topological polar surface area (TPSA) is 85.2 Å². The molecule has 35 heavy (non-hydrogen) atoms. The van der Waals surface area contributed by atoms with E-state index >= 15 is 0 Å². The Kier molecular flexibility index (Phi) is 6.00. The molecule has 0 aliphatic carbocycles. The van der Waals surface area contributed by atoms with Crippen LogP contribution in [0.2, 0.25) is 0 Å². The molecule has 0 unspecified atom stereocenters. The zero-order valence-corrected chi connectivity index (χ0v) is 20.4. The summed E-state index contributed by atoms with van der Waals surface area (Å²) in [6.45, 7) is 7.94. The number of ether oxygens (including phenoxy) is 1. The summed E-state index contributed by atoms with van der Waals surface area (Å²) in [6, 6.07) is 18.0. The summed E-state index contributed by atoms with van der Waals surface area (Å²) < 4.78 is 9.10. The average molecular weight is 468 g/mol. The standard InChI is InChI=1S/C28H29N5O2/c1-4-7-25-24(14-20-10-12-21(13-11-20)23-9-6-5-8-22(23)15-29)26(34)32(16-28(3)17-35-18-28)27-30-19(2)31-33(25)27/h5-6,8-13H,4,7,14,16-18H2,1-3H3. The van der Waals surface area contributed by atoms with Crippen LogP contribution in [0.5, 0.6) is 0 Å². The van der Waals surface area contributed by atoms with E-state index in [4.69, 9.17) is 4.74 Å². The zero-order chi connectivity index (χ0) is 24.6. The van der Waals surface area contributed by atoms with Gasteiger partial charge < -0.3 is 4.74 Å². The molecule has 0 spiro atoms. The lowest BCUT2D eigenvalue weighted by molar-refractivity contribution is -0.110. The fourth-order valence-electron chi connectivity index (χ4n) is 4.84. The minimum atomic E-state index is -0.0799. The second kappa shape index (κ2) is 9.12. The fraction of sp³-hybridized carbons (Fsp3) is 0.357. The van der Waals surface area contributed by atoms with Crippen LogP contribution < -0.4 is 5.56 Å². The van der Waals surface area contributed by atoms with Gasteiger partial charge in [0.25, 0.3) is 5.56 Å². The first-order valence-electron chi connectivity index (χ1n) is 12.1. The van der Waals surface area contributed by atoms with Crippen LogP contribution in [0.4, 0.5) is 0 Å². The summed E-state index contributed by atoms with van der Waals surface area (Å²) in [7, 11) is 0. The van der Waals surface area contributed by atoms with E-state index in [9.17, 15) is 10.1 Å². The van der Waals surface area contributed by atoms with Crippen LogP contribution in [0.3, 0.4) is 0 Å². The number of aryl methyl sites for hydroxylation is 2. The van der Waals surface area contributed by atoms with Gasteiger partial charge in [0, 0.05) is 23.9 Å². The van der Waals surface area contributed by atoms with Crippen molar-refractivity contribution >= 4 is 5.78 Å². The molecule has 0 bridgehead atoms. The first-order chi connectivity index (χ1) is 16.9. The fourth-order valence-corrected chi connectivity index (χ4v) is 4.84. The van der Waals surface area contributed by atoms with Crippen LogP contribution >= 0.6 is 0 Å². The summed E-state index contributed by atoms with van der Waals surface area (Å²) in [4.78, 5) is 18.5. The predicted octanol–water partition coefficient (Wildman–Crippen LogP) is 4.32. The molecule has 3 heterocycles. The van der Waals surface area contributed by atoms with Crippen LogP contribution in [0.25, 0.3) is 16.9 Å². The molecule has 7 nitrogen and oxygen atoms in total. The maximum Gasteiger partial charge on any atom is 0.258 e. The average Bonchev–Trinajstić information content (AvgIpc) is 3.24. The van der Waals surface area contributed by atoms with Crippen molar-refractivity contribution in [2.45, 2.75) is 46.6 Å². The van der Waals surface area contributed by atoms with Crippen molar-refractivity contribution in [3.8, 4) is 17.2 Å². The molecule has 7 heteroatoms. The normalized spacial score (nSPS) is 14.6. The highest BCUT2D eigenvalue weighted by Crippen LogP contribution is 2.29. The van der Waals surface area contributed by atoms with Gasteiger partial charge in [-0.1, -0.05) is 62.7 Å². The number of hydrogen-bond acceptors (Lipinski definition) is 5. The summed E-state index contributed by atoms with van der Waals surface area (Å²) in [5.74, 6) is 1.26. The number of nitrogens with zero attached hydrogens (tertiary/aromatic N) is 5. The van der Waals surface area contributed by atoms with Crippen LogP contribution in [0.1, 0.15) is 48.5 Å². The molecule has 1 saturated heterocycles. The van der Waals surface area contributed by atoms with Crippen molar-refractivity contribution in [1.29, 1.82) is 5.26 Å². The van der Waals surface area contributed by atoms with Crippen molar-refractivity contribution in [2.75, 3.05) is 13.2 Å². The van der Waals surface area contributed by atoms with E-state index in [1.165, 1.54) is 0 Å². The van der Waals surface area contributed by atoms with Gasteiger partial charge in [0.2, 0.25) is 5.78 Å². The van der Waals surface area contributed by atoms with Crippen molar-refractivity contribution < 1.29 is 4.74 Å². The smallest absolute Gasteiger partial charge is 0.258 e. The molecule has 1 fully saturated rings. The summed E-state index contributed by atoms with van der Waals surface area (Å²) in [5.41, 5.74) is 5.19. The largest absolute Gasteiger partial charge is 0.380 e. The number of rotatable bonds is 7. The molecule has 1 aliphatic rings. The van der Waals surface area contributed by atoms with Crippen LogP contribution in [-0.4, -0.2) is 32.4 Å². The third-order valence-corrected chi connectivity index (χ3v) is 6.67. The van der Waals surface area contributed by atoms with Gasteiger partial charge in [-0.3, -0.25) is 9.36 Å². The van der Waals surface area contributed by atoms with Crippen LogP contribution in [0, 0.1) is 23.7 Å². The van der Waals surface area contributed by atoms with Crippen molar-refractivity contribution in [2.24, 2.45) is 5.41 Å². The number of hydrogen-bond donors (Lipinski definition) is 0. The van der Waals surface area contributed by atoms with Crippen molar-refractivity contribution in [1.82, 2.24) is 19.2 Å². The highest BCUT2D eigenvalue weighted by Gasteiger charge is 2.35. The van der Waals surface area contributed by atoms with Crippen LogP contribution in [-0.2, 0) is 24.1 Å². The third-order valence-electron chi connectivity index (χ3n) is 6.67. The summed E-state index contributed by atoms with van der Waals surface area (Å²) >= 11 is 0. The molecular formula is C28H29N5O2. The molecule has 0 atom stereocenters. The highest BCUT2D eigenvalue weighted by atomic mass is 16.5. The van der Waals surface area contributed by atoms with Gasteiger partial charge in [-0.15, -0.1) is 0 Å². The van der Waals surface area contributed by atoms with Gasteiger partial charge in [0.1, 0.15) is 5.82 Å². The lowest BCUT2D eigenvalue weighted by Crippen LogP contribution is -2.46. The molecule has 2 aromatic heterocycles. The quantitative estimate of drug-likeness (QED) is 0.404. The highest BCUT2D eigenvalue weighted by molar-refractivity contribution is 5.70. The molecule has 2 aromatic carbocycles. The molecule has 0 amide bonds. The number of nitriles is 1. The van der Waals surface area contributed by atoms with Crippen molar-refractivity contribution in [3.05, 3.63) is 87.1 Å². The van der Waals surface area contributed by atoms with E-state index in [-0.39, 0.29) is 11.0 Å². The Bertz CT molecular complexity index is 1490. The Labute approximate surface area is 204 Å². The minimum absolute atomic E-state index is 0.000350. The molecule has 4 aromatic rings. The van der Waals surface area contributed by atoms with E-state index in [0.29, 0.717) is 43.3 Å². The third kappa shape index (κ3) is 4.26. The molecule has 0 radical (unpaired) electrons. The zero-order valence-electron chi connectivity index (χ0n) is 20.4. The molecule has 1 aliphatic heterocycles. The molecule has 178 valence electrons. The molecule has 5 rings (SSSR count). The maximum absolute atomic E-state index is 13.9. The van der Waals surface area contributed by atoms with Gasteiger partial charge >= 0.3 is 0 Å². The Morgan fingerprint density at radius 2 is 1.89 bits per heavy atom. The number of benzene rings is 2. The number of fused-ring (bicyclic) bond motifs is 1. The molecule has 0 saturated carbocycles. The van der Waals surface area contributed by atoms with E-state index < -0.39 is 0 Å². The summed E-state index contributed by atoms with van der Waals surface area (Å²) in [6.07, 6.45) is 2.16. The second-order valence-corrected chi connectivity index (χ2v) is 9.77. The minimum Gasteiger partial charge on any atom is -0.380 e. The second-order valence-electron chi connectivity index (χ2n) is 9.77. The Morgan fingerprint density at radius 3 is 2.54 bits per heavy atom. The number of aromatic nitrogens is 4. The SMILES string of the molecule is CCCc1c(Cc2ccc(-c3ccccc3C#N)cc2)c(=O)n(CC2(C)COC2)c2nc(C)nn12. The van der Waals surface area contributed by atoms with Crippen LogP contribution in [0.15, 0.2) is 53.3 Å². The van der Waals surface area contributed by atoms with Gasteiger partial charge in [0.05, 0.1) is 30.5 Å². The van der Waals surface area contributed by atoms with E-state index in [1.807, 2.05) is 60.0 Å². The Hall–Kier alpha value is -3.76.